The lowest BCUT2D eigenvalue weighted by Gasteiger charge is -2.20. The predicted octanol–water partition coefficient (Wildman–Crippen LogP) is 1.75. The maximum atomic E-state index is 12.0. The molecule has 0 spiro atoms. The van der Waals surface area contributed by atoms with Gasteiger partial charge in [0.05, 0.1) is 6.54 Å². The number of amides is 2. The minimum absolute atomic E-state index is 0.00479. The van der Waals surface area contributed by atoms with Crippen LogP contribution >= 0.6 is 0 Å². The molecule has 26 heavy (non-hydrogen) atoms. The zero-order valence-corrected chi connectivity index (χ0v) is 15.6. The van der Waals surface area contributed by atoms with Gasteiger partial charge < -0.3 is 15.2 Å². The van der Waals surface area contributed by atoms with Crippen molar-refractivity contribution in [1.82, 2.24) is 25.4 Å². The number of hydrogen-bond donors (Lipinski definition) is 2. The summed E-state index contributed by atoms with van der Waals surface area (Å²) in [5.41, 5.74) is 0. The quantitative estimate of drug-likeness (QED) is 0.774. The molecule has 2 aliphatic rings. The molecule has 2 heterocycles. The predicted molar refractivity (Wildman–Crippen MR) is 98.5 cm³/mol. The Morgan fingerprint density at radius 1 is 0.962 bits per heavy atom. The van der Waals surface area contributed by atoms with E-state index in [1.165, 1.54) is 32.1 Å². The molecule has 0 saturated heterocycles. The van der Waals surface area contributed by atoms with Crippen molar-refractivity contribution in [2.45, 2.75) is 77.2 Å². The van der Waals surface area contributed by atoms with Crippen LogP contribution in [0.3, 0.4) is 0 Å². The lowest BCUT2D eigenvalue weighted by atomic mass is 9.87. The van der Waals surface area contributed by atoms with Gasteiger partial charge in [0.15, 0.2) is 0 Å². The third-order valence-corrected chi connectivity index (χ3v) is 5.50. The summed E-state index contributed by atoms with van der Waals surface area (Å²) in [6.45, 7) is 1.56. The summed E-state index contributed by atoms with van der Waals surface area (Å²) in [4.78, 5) is 23.9. The minimum Gasteiger partial charge on any atom is -0.354 e. The number of fused-ring (bicyclic) bond motifs is 1. The Morgan fingerprint density at radius 3 is 2.62 bits per heavy atom. The number of carbonyl (C=O) groups is 2. The Bertz CT molecular complexity index is 607. The van der Waals surface area contributed by atoms with E-state index in [2.05, 4.69) is 25.4 Å². The summed E-state index contributed by atoms with van der Waals surface area (Å²) < 4.78 is 2.20. The molecule has 7 nitrogen and oxygen atoms in total. The fourth-order valence-corrected chi connectivity index (χ4v) is 4.01. The lowest BCUT2D eigenvalue weighted by molar-refractivity contribution is -0.126. The van der Waals surface area contributed by atoms with Crippen molar-refractivity contribution in [2.75, 3.05) is 13.1 Å². The van der Waals surface area contributed by atoms with Crippen molar-refractivity contribution in [2.24, 2.45) is 5.92 Å². The highest BCUT2D eigenvalue weighted by Crippen LogP contribution is 2.25. The van der Waals surface area contributed by atoms with Gasteiger partial charge in [-0.1, -0.05) is 25.7 Å². The number of aromatic nitrogens is 3. The van der Waals surface area contributed by atoms with Crippen molar-refractivity contribution < 1.29 is 9.59 Å². The summed E-state index contributed by atoms with van der Waals surface area (Å²) in [7, 11) is 0. The van der Waals surface area contributed by atoms with Crippen LogP contribution in [0.1, 0.15) is 69.4 Å². The average molecular weight is 361 g/mol. The van der Waals surface area contributed by atoms with Crippen LogP contribution in [-0.4, -0.2) is 39.7 Å². The van der Waals surface area contributed by atoms with Crippen LogP contribution in [-0.2, 0) is 29.0 Å². The molecule has 2 amide bonds. The van der Waals surface area contributed by atoms with E-state index >= 15 is 0 Å². The van der Waals surface area contributed by atoms with Crippen molar-refractivity contribution >= 4 is 11.8 Å². The molecule has 0 aromatic carbocycles. The van der Waals surface area contributed by atoms with Crippen LogP contribution in [0.5, 0.6) is 0 Å². The van der Waals surface area contributed by atoms with E-state index in [9.17, 15) is 9.59 Å². The highest BCUT2D eigenvalue weighted by Gasteiger charge is 2.17. The van der Waals surface area contributed by atoms with E-state index in [0.717, 1.165) is 43.9 Å². The van der Waals surface area contributed by atoms with Gasteiger partial charge >= 0.3 is 0 Å². The van der Waals surface area contributed by atoms with Gasteiger partial charge in [0, 0.05) is 32.4 Å². The number of carbonyl (C=O) groups excluding carboxylic acids is 2. The second-order valence-corrected chi connectivity index (χ2v) is 7.58. The van der Waals surface area contributed by atoms with Gasteiger partial charge in [0.1, 0.15) is 11.6 Å². The van der Waals surface area contributed by atoms with E-state index in [1.54, 1.807) is 0 Å². The van der Waals surface area contributed by atoms with Gasteiger partial charge in [0.2, 0.25) is 11.8 Å². The summed E-state index contributed by atoms with van der Waals surface area (Å²) >= 11 is 0. The molecule has 1 saturated carbocycles. The Morgan fingerprint density at radius 2 is 1.77 bits per heavy atom. The maximum Gasteiger partial charge on any atom is 0.239 e. The molecule has 1 aromatic rings. The number of hydrogen-bond acceptors (Lipinski definition) is 4. The monoisotopic (exact) mass is 361 g/mol. The van der Waals surface area contributed by atoms with E-state index in [1.807, 2.05) is 0 Å². The Balaban J connectivity index is 1.33. The van der Waals surface area contributed by atoms with Gasteiger partial charge in [-0.15, -0.1) is 10.2 Å². The van der Waals surface area contributed by atoms with Crippen LogP contribution in [0.2, 0.25) is 0 Å². The smallest absolute Gasteiger partial charge is 0.239 e. The molecule has 144 valence electrons. The first-order valence-corrected chi connectivity index (χ1v) is 10.2. The molecular formula is C19H31N5O2. The van der Waals surface area contributed by atoms with Crippen molar-refractivity contribution in [3.63, 3.8) is 0 Å². The normalized spacial score (nSPS) is 18.0. The molecule has 0 radical (unpaired) electrons. The topological polar surface area (TPSA) is 88.9 Å². The van der Waals surface area contributed by atoms with Gasteiger partial charge in [-0.3, -0.25) is 9.59 Å². The average Bonchev–Trinajstić information content (AvgIpc) is 2.87. The fourth-order valence-electron chi connectivity index (χ4n) is 4.01. The molecule has 7 heteroatoms. The van der Waals surface area contributed by atoms with Crippen LogP contribution in [0.4, 0.5) is 0 Å². The molecule has 1 aliphatic carbocycles. The van der Waals surface area contributed by atoms with Crippen LogP contribution < -0.4 is 10.6 Å². The first kappa shape index (κ1) is 18.9. The molecule has 1 aliphatic heterocycles. The highest BCUT2D eigenvalue weighted by molar-refractivity contribution is 5.84. The fraction of sp³-hybridized carbons (Fsp3) is 0.789. The number of nitrogens with zero attached hydrogens (tertiary/aromatic N) is 3. The van der Waals surface area contributed by atoms with E-state index in [4.69, 9.17) is 0 Å². The molecule has 1 aromatic heterocycles. The zero-order chi connectivity index (χ0) is 18.2. The Labute approximate surface area is 155 Å². The first-order valence-electron chi connectivity index (χ1n) is 10.2. The van der Waals surface area contributed by atoms with Crippen molar-refractivity contribution in [1.29, 1.82) is 0 Å². The Hall–Kier alpha value is -1.92. The van der Waals surface area contributed by atoms with Gasteiger partial charge in [-0.05, 0) is 31.6 Å². The van der Waals surface area contributed by atoms with Crippen LogP contribution in [0.25, 0.3) is 0 Å². The molecule has 1 fully saturated rings. The first-order chi connectivity index (χ1) is 12.7. The number of aryl methyl sites for hydroxylation is 1. The molecule has 0 unspecified atom stereocenters. The second-order valence-electron chi connectivity index (χ2n) is 7.58. The van der Waals surface area contributed by atoms with Gasteiger partial charge in [-0.2, -0.15) is 0 Å². The molecule has 3 rings (SSSR count). The summed E-state index contributed by atoms with van der Waals surface area (Å²) in [6, 6.07) is 0. The summed E-state index contributed by atoms with van der Waals surface area (Å²) in [6.07, 6.45) is 11.8. The number of rotatable bonds is 7. The van der Waals surface area contributed by atoms with Crippen LogP contribution in [0, 0.1) is 5.92 Å². The Kier molecular flexibility index (Phi) is 7.03. The third-order valence-electron chi connectivity index (χ3n) is 5.50. The second kappa shape index (κ2) is 9.69. The van der Waals surface area contributed by atoms with E-state index < -0.39 is 0 Å². The lowest BCUT2D eigenvalue weighted by Crippen LogP contribution is -2.38. The highest BCUT2D eigenvalue weighted by atomic mass is 16.2. The minimum atomic E-state index is -0.141. The van der Waals surface area contributed by atoms with E-state index in [-0.39, 0.29) is 18.4 Å². The van der Waals surface area contributed by atoms with Crippen LogP contribution in [0.15, 0.2) is 0 Å². The van der Waals surface area contributed by atoms with E-state index in [0.29, 0.717) is 25.3 Å². The van der Waals surface area contributed by atoms with Crippen molar-refractivity contribution in [3.8, 4) is 0 Å². The third kappa shape index (κ3) is 5.54. The zero-order valence-electron chi connectivity index (χ0n) is 15.6. The van der Waals surface area contributed by atoms with Gasteiger partial charge in [-0.25, -0.2) is 0 Å². The molecule has 0 atom stereocenters. The number of nitrogens with one attached hydrogen (secondary N) is 2. The molecular weight excluding hydrogens is 330 g/mol. The SMILES string of the molecule is O=C(CNC(=O)CC1CCCCC1)NCCc1nnc2n1CCCCC2. The summed E-state index contributed by atoms with van der Waals surface area (Å²) in [5.74, 6) is 2.37. The molecule has 0 bridgehead atoms. The standard InChI is InChI=1S/C19H31N5O2/c25-18(13-15-7-3-1-4-8-15)21-14-19(26)20-11-10-17-23-22-16-9-5-2-6-12-24(16)17/h15H,1-14H2,(H,20,26)(H,21,25). The van der Waals surface area contributed by atoms with Crippen molar-refractivity contribution in [3.05, 3.63) is 11.6 Å². The maximum absolute atomic E-state index is 12.0. The molecule has 2 N–H and O–H groups in total. The van der Waals surface area contributed by atoms with Gasteiger partial charge in [0.25, 0.3) is 0 Å². The largest absolute Gasteiger partial charge is 0.354 e. The summed E-state index contributed by atoms with van der Waals surface area (Å²) in [5, 5.41) is 14.2.